The monoisotopic (exact) mass is 283 g/mol. The predicted molar refractivity (Wildman–Crippen MR) is 72.3 cm³/mol. The normalized spacial score (nSPS) is 28.7. The fourth-order valence-electron chi connectivity index (χ4n) is 2.85. The highest BCUT2D eigenvalue weighted by Gasteiger charge is 2.44. The Morgan fingerprint density at radius 2 is 2.25 bits per heavy atom. The molecule has 20 heavy (non-hydrogen) atoms. The number of nitrogens with one attached hydrogen (secondary N) is 1. The third-order valence-electron chi connectivity index (χ3n) is 3.96. The van der Waals surface area contributed by atoms with E-state index in [-0.39, 0.29) is 31.3 Å². The average molecular weight is 283 g/mol. The van der Waals surface area contributed by atoms with Crippen molar-refractivity contribution in [3.05, 3.63) is 11.5 Å². The fourth-order valence-corrected chi connectivity index (χ4v) is 2.85. The zero-order valence-corrected chi connectivity index (χ0v) is 11.5. The van der Waals surface area contributed by atoms with Gasteiger partial charge in [0.1, 0.15) is 18.0 Å². The van der Waals surface area contributed by atoms with Gasteiger partial charge in [-0.15, -0.1) is 0 Å². The Morgan fingerprint density at radius 3 is 2.85 bits per heavy atom. The molecule has 8 heteroatoms. The number of nitrogens with zero attached hydrogens (tertiary/aromatic N) is 3. The van der Waals surface area contributed by atoms with Gasteiger partial charge < -0.3 is 35.8 Å². The number of aliphatic imine (C=N–C) groups is 1. The van der Waals surface area contributed by atoms with Gasteiger partial charge in [0.05, 0.1) is 19.0 Å². The van der Waals surface area contributed by atoms with E-state index in [1.54, 1.807) is 0 Å². The van der Waals surface area contributed by atoms with E-state index in [9.17, 15) is 10.2 Å². The number of rotatable bonds is 4. The van der Waals surface area contributed by atoms with Gasteiger partial charge >= 0.3 is 0 Å². The zero-order valence-electron chi connectivity index (χ0n) is 11.5. The molecule has 5 N–H and O–H groups in total. The second-order valence-electron chi connectivity index (χ2n) is 5.49. The summed E-state index contributed by atoms with van der Waals surface area (Å²) in [4.78, 5) is 8.53. The van der Waals surface area contributed by atoms with E-state index < -0.39 is 0 Å². The van der Waals surface area contributed by atoms with Crippen LogP contribution in [0.1, 0.15) is 0 Å². The number of guanidine groups is 1. The van der Waals surface area contributed by atoms with Gasteiger partial charge in [-0.3, -0.25) is 0 Å². The number of aliphatic hydroxyl groups is 2. The highest BCUT2D eigenvalue weighted by molar-refractivity contribution is 5.80. The number of ether oxygens (including phenoxy) is 1. The molecular weight excluding hydrogens is 262 g/mol. The SMILES string of the molecule is CN1CN(CC(CO)CO)C2=C1C1OCC1N=C(N)N2. The lowest BCUT2D eigenvalue weighted by Gasteiger charge is -2.36. The van der Waals surface area contributed by atoms with Gasteiger partial charge in [0, 0.05) is 32.7 Å². The topological polar surface area (TPSA) is 107 Å². The molecule has 8 nitrogen and oxygen atoms in total. The minimum atomic E-state index is -0.184. The summed E-state index contributed by atoms with van der Waals surface area (Å²) in [5.41, 5.74) is 6.93. The molecule has 3 rings (SSSR count). The van der Waals surface area contributed by atoms with Crippen molar-refractivity contribution in [2.45, 2.75) is 12.1 Å². The summed E-state index contributed by atoms with van der Waals surface area (Å²) < 4.78 is 5.63. The van der Waals surface area contributed by atoms with Gasteiger partial charge in [-0.1, -0.05) is 0 Å². The minimum Gasteiger partial charge on any atom is -0.396 e. The highest BCUT2D eigenvalue weighted by atomic mass is 16.5. The lowest BCUT2D eigenvalue weighted by atomic mass is 10.0. The van der Waals surface area contributed by atoms with Crippen LogP contribution in [0.4, 0.5) is 0 Å². The third-order valence-corrected chi connectivity index (χ3v) is 3.96. The Kier molecular flexibility index (Phi) is 3.45. The van der Waals surface area contributed by atoms with Gasteiger partial charge in [0.25, 0.3) is 0 Å². The van der Waals surface area contributed by atoms with Crippen molar-refractivity contribution in [1.29, 1.82) is 0 Å². The Balaban J connectivity index is 1.85. The lowest BCUT2D eigenvalue weighted by Crippen LogP contribution is -2.48. The number of hydrogen-bond donors (Lipinski definition) is 4. The quantitative estimate of drug-likeness (QED) is 0.457. The maximum Gasteiger partial charge on any atom is 0.194 e. The minimum absolute atomic E-state index is 0.0501. The first-order valence-corrected chi connectivity index (χ1v) is 6.78. The summed E-state index contributed by atoms with van der Waals surface area (Å²) >= 11 is 0. The van der Waals surface area contributed by atoms with Gasteiger partial charge in [-0.2, -0.15) is 0 Å². The van der Waals surface area contributed by atoms with Crippen molar-refractivity contribution in [3.8, 4) is 0 Å². The molecule has 0 aromatic heterocycles. The second kappa shape index (κ2) is 5.12. The summed E-state index contributed by atoms with van der Waals surface area (Å²) in [5, 5.41) is 21.6. The Labute approximate surface area is 117 Å². The maximum atomic E-state index is 9.25. The molecule has 112 valence electrons. The molecule has 1 saturated heterocycles. The first kappa shape index (κ1) is 13.5. The van der Waals surface area contributed by atoms with Crippen LogP contribution in [-0.4, -0.2) is 78.2 Å². The van der Waals surface area contributed by atoms with Crippen molar-refractivity contribution in [3.63, 3.8) is 0 Å². The molecule has 0 aromatic rings. The predicted octanol–water partition coefficient (Wildman–Crippen LogP) is -2.35. The molecule has 0 bridgehead atoms. The Morgan fingerprint density at radius 1 is 1.50 bits per heavy atom. The van der Waals surface area contributed by atoms with Crippen molar-refractivity contribution >= 4 is 5.96 Å². The largest absolute Gasteiger partial charge is 0.396 e. The van der Waals surface area contributed by atoms with E-state index in [1.165, 1.54) is 0 Å². The van der Waals surface area contributed by atoms with Crippen LogP contribution in [-0.2, 0) is 4.74 Å². The fraction of sp³-hybridized carbons (Fsp3) is 0.750. The first-order chi connectivity index (χ1) is 9.63. The van der Waals surface area contributed by atoms with E-state index in [4.69, 9.17) is 10.5 Å². The van der Waals surface area contributed by atoms with Crippen LogP contribution < -0.4 is 11.1 Å². The van der Waals surface area contributed by atoms with Crippen molar-refractivity contribution in [2.75, 3.05) is 40.1 Å². The first-order valence-electron chi connectivity index (χ1n) is 6.78. The van der Waals surface area contributed by atoms with Crippen molar-refractivity contribution < 1.29 is 14.9 Å². The number of likely N-dealkylation sites (N-methyl/N-ethyl adjacent to an activating group) is 1. The molecular formula is C12H21N5O3. The number of nitrogens with two attached hydrogens (primary N) is 1. The lowest BCUT2D eigenvalue weighted by molar-refractivity contribution is -0.0585. The highest BCUT2D eigenvalue weighted by Crippen LogP contribution is 2.33. The van der Waals surface area contributed by atoms with Crippen LogP contribution in [0.2, 0.25) is 0 Å². The molecule has 1 fully saturated rings. The molecule has 3 aliphatic rings. The summed E-state index contributed by atoms with van der Waals surface area (Å²) in [7, 11) is 1.99. The van der Waals surface area contributed by atoms with E-state index in [1.807, 2.05) is 7.05 Å². The molecule has 0 saturated carbocycles. The van der Waals surface area contributed by atoms with Crippen LogP contribution >= 0.6 is 0 Å². The molecule has 3 aliphatic heterocycles. The number of aliphatic hydroxyl groups excluding tert-OH is 2. The van der Waals surface area contributed by atoms with E-state index in [0.717, 1.165) is 11.5 Å². The summed E-state index contributed by atoms with van der Waals surface area (Å²) in [6.07, 6.45) is -0.0600. The summed E-state index contributed by atoms with van der Waals surface area (Å²) in [5.74, 6) is 1.07. The third kappa shape index (κ3) is 2.09. The van der Waals surface area contributed by atoms with Crippen molar-refractivity contribution in [2.24, 2.45) is 16.6 Å². The molecule has 0 radical (unpaired) electrons. The molecule has 2 unspecified atom stereocenters. The van der Waals surface area contributed by atoms with E-state index in [0.29, 0.717) is 25.8 Å². The molecule has 0 aliphatic carbocycles. The van der Waals surface area contributed by atoms with Crippen LogP contribution in [0.15, 0.2) is 16.5 Å². The van der Waals surface area contributed by atoms with Gasteiger partial charge in [0.15, 0.2) is 5.96 Å². The summed E-state index contributed by atoms with van der Waals surface area (Å²) in [6.45, 7) is 1.71. The van der Waals surface area contributed by atoms with Crippen LogP contribution in [0.3, 0.4) is 0 Å². The molecule has 0 aromatic carbocycles. The van der Waals surface area contributed by atoms with Crippen LogP contribution in [0.5, 0.6) is 0 Å². The van der Waals surface area contributed by atoms with Crippen LogP contribution in [0, 0.1) is 5.92 Å². The van der Waals surface area contributed by atoms with Crippen molar-refractivity contribution in [1.82, 2.24) is 15.1 Å². The van der Waals surface area contributed by atoms with Gasteiger partial charge in [0.2, 0.25) is 0 Å². The molecule has 0 spiro atoms. The Bertz CT molecular complexity index is 448. The number of fused-ring (bicyclic) bond motifs is 2. The second-order valence-corrected chi connectivity index (χ2v) is 5.49. The van der Waals surface area contributed by atoms with Gasteiger partial charge in [-0.05, 0) is 0 Å². The average Bonchev–Trinajstić information content (AvgIpc) is 2.64. The summed E-state index contributed by atoms with van der Waals surface area (Å²) in [6, 6.07) is 0.0730. The van der Waals surface area contributed by atoms with Crippen LogP contribution in [0.25, 0.3) is 0 Å². The Hall–Kier alpha value is -1.51. The zero-order chi connectivity index (χ0) is 14.3. The smallest absolute Gasteiger partial charge is 0.194 e. The van der Waals surface area contributed by atoms with Gasteiger partial charge in [-0.25, -0.2) is 4.99 Å². The number of hydrogen-bond acceptors (Lipinski definition) is 8. The van der Waals surface area contributed by atoms with E-state index in [2.05, 4.69) is 20.1 Å². The standard InChI is InChI=1S/C12H21N5O3/c1-16-6-17(2-7(3-18)4-19)11-9(16)10-8(5-20-10)14-12(13)15-11/h7-8,10,18-19H,2-6H2,1H3,(H3,13,14,15). The maximum absolute atomic E-state index is 9.25. The molecule has 3 heterocycles. The molecule has 2 atom stereocenters. The molecule has 0 amide bonds. The van der Waals surface area contributed by atoms with E-state index >= 15 is 0 Å².